The minimum absolute atomic E-state index is 0.128. The third kappa shape index (κ3) is 5.59. The molecule has 3 rings (SSSR count). The summed E-state index contributed by atoms with van der Waals surface area (Å²) in [5.41, 5.74) is 0.951. The van der Waals surface area contributed by atoms with Gasteiger partial charge in [0.1, 0.15) is 0 Å². The lowest BCUT2D eigenvalue weighted by Gasteiger charge is -2.33. The molecule has 0 saturated carbocycles. The quantitative estimate of drug-likeness (QED) is 0.404. The summed E-state index contributed by atoms with van der Waals surface area (Å²) in [6, 6.07) is 12.9. The highest BCUT2D eigenvalue weighted by atomic mass is 35.5. The number of hydrogen-bond acceptors (Lipinski definition) is 4. The predicted octanol–water partition coefficient (Wildman–Crippen LogP) is 7.28. The number of para-hydroxylation sites is 1. The maximum absolute atomic E-state index is 6.36. The zero-order valence-corrected chi connectivity index (χ0v) is 20.5. The van der Waals surface area contributed by atoms with Crippen molar-refractivity contribution >= 4 is 46.6 Å². The Morgan fingerprint density at radius 3 is 2.32 bits per heavy atom. The largest absolute Gasteiger partial charge is 0.372 e. The van der Waals surface area contributed by atoms with E-state index in [4.69, 9.17) is 34.8 Å². The topological polar surface area (TPSA) is 55.6 Å². The molecule has 1 heterocycles. The second-order valence-electron chi connectivity index (χ2n) is 9.01. The first kappa shape index (κ1) is 23.6. The molecule has 0 aliphatic heterocycles. The summed E-state index contributed by atoms with van der Waals surface area (Å²) in [7, 11) is 0. The highest BCUT2D eigenvalue weighted by Crippen LogP contribution is 2.36. The van der Waals surface area contributed by atoms with E-state index in [-0.39, 0.29) is 11.5 Å². The molecule has 0 aliphatic carbocycles. The molecule has 1 unspecified atom stereocenters. The van der Waals surface area contributed by atoms with Crippen LogP contribution in [0.15, 0.2) is 48.5 Å². The van der Waals surface area contributed by atoms with Crippen molar-refractivity contribution in [2.45, 2.75) is 46.2 Å². The number of halogens is 3. The smallest absolute Gasteiger partial charge is 0.176 e. The highest BCUT2D eigenvalue weighted by molar-refractivity contribution is 6.35. The van der Waals surface area contributed by atoms with Crippen molar-refractivity contribution < 1.29 is 0 Å². The van der Waals surface area contributed by atoms with Crippen LogP contribution in [0.5, 0.6) is 0 Å². The van der Waals surface area contributed by atoms with Crippen LogP contribution >= 0.6 is 34.8 Å². The Kier molecular flexibility index (Phi) is 6.99. The molecule has 8 heteroatoms. The summed E-state index contributed by atoms with van der Waals surface area (Å²) in [4.78, 5) is 0. The molecule has 0 bridgehead atoms. The molecule has 2 aromatic carbocycles. The summed E-state index contributed by atoms with van der Waals surface area (Å²) < 4.78 is 1.85. The zero-order valence-electron chi connectivity index (χ0n) is 18.2. The van der Waals surface area contributed by atoms with Crippen molar-refractivity contribution in [3.05, 3.63) is 75.0 Å². The molecule has 0 amide bonds. The Labute approximate surface area is 198 Å². The van der Waals surface area contributed by atoms with E-state index in [2.05, 4.69) is 47.7 Å². The van der Waals surface area contributed by atoms with Gasteiger partial charge in [-0.15, -0.1) is 5.10 Å². The van der Waals surface area contributed by atoms with E-state index in [0.717, 1.165) is 11.3 Å². The van der Waals surface area contributed by atoms with Crippen molar-refractivity contribution in [2.24, 2.45) is 5.41 Å². The lowest BCUT2D eigenvalue weighted by molar-refractivity contribution is 0.258. The van der Waals surface area contributed by atoms with Gasteiger partial charge in [-0.3, -0.25) is 0 Å². The summed E-state index contributed by atoms with van der Waals surface area (Å²) in [6.07, 6.45) is 4.05. The summed E-state index contributed by atoms with van der Waals surface area (Å²) in [5.74, 6) is 0.694. The highest BCUT2D eigenvalue weighted by Gasteiger charge is 2.34. The Bertz CT molecular complexity index is 1080. The second kappa shape index (κ2) is 9.19. The minimum atomic E-state index is -0.580. The van der Waals surface area contributed by atoms with Crippen LogP contribution in [-0.4, -0.2) is 20.2 Å². The van der Waals surface area contributed by atoms with Gasteiger partial charge in [0.15, 0.2) is 5.82 Å². The molecule has 3 aromatic rings. The molecule has 31 heavy (non-hydrogen) atoms. The number of tetrazole rings is 1. The van der Waals surface area contributed by atoms with E-state index < -0.39 is 5.54 Å². The van der Waals surface area contributed by atoms with Crippen LogP contribution in [0.2, 0.25) is 15.1 Å². The molecule has 0 aliphatic rings. The Morgan fingerprint density at radius 1 is 0.968 bits per heavy atom. The molecular formula is C23H26Cl3N5. The Morgan fingerprint density at radius 2 is 1.68 bits per heavy atom. The van der Waals surface area contributed by atoms with Gasteiger partial charge in [-0.25, -0.2) is 4.68 Å². The standard InChI is InChI=1S/C23H26Cl3N5/c1-22(2,3)20(13-11-15-10-12-16(24)14-18(15)26)31-21(28-29-30-31)23(4,5)27-19-9-7-6-8-17(19)25/h6-14,20,27H,1-5H3. The first-order chi connectivity index (χ1) is 14.5. The number of rotatable bonds is 6. The van der Waals surface area contributed by atoms with Crippen molar-refractivity contribution in [2.75, 3.05) is 5.32 Å². The minimum Gasteiger partial charge on any atom is -0.372 e. The van der Waals surface area contributed by atoms with Crippen LogP contribution in [0.4, 0.5) is 5.69 Å². The third-order valence-electron chi connectivity index (χ3n) is 4.94. The Balaban J connectivity index is 1.98. The number of benzene rings is 2. The van der Waals surface area contributed by atoms with Crippen LogP contribution < -0.4 is 5.32 Å². The van der Waals surface area contributed by atoms with E-state index in [0.29, 0.717) is 20.9 Å². The summed E-state index contributed by atoms with van der Waals surface area (Å²) >= 11 is 18.7. The molecule has 0 radical (unpaired) electrons. The predicted molar refractivity (Wildman–Crippen MR) is 130 cm³/mol. The van der Waals surface area contributed by atoms with Gasteiger partial charge in [0.05, 0.1) is 22.3 Å². The molecule has 164 valence electrons. The Hall–Kier alpha value is -2.08. The molecular weight excluding hydrogens is 453 g/mol. The number of allylic oxidation sites excluding steroid dienone is 1. The van der Waals surface area contributed by atoms with E-state index >= 15 is 0 Å². The molecule has 5 nitrogen and oxygen atoms in total. The van der Waals surface area contributed by atoms with Crippen LogP contribution in [0, 0.1) is 5.41 Å². The van der Waals surface area contributed by atoms with Crippen molar-refractivity contribution in [3.8, 4) is 0 Å². The summed E-state index contributed by atoms with van der Waals surface area (Å²) in [6.45, 7) is 10.5. The van der Waals surface area contributed by atoms with Crippen molar-refractivity contribution in [1.82, 2.24) is 20.2 Å². The first-order valence-corrected chi connectivity index (χ1v) is 11.1. The molecule has 1 aromatic heterocycles. The fourth-order valence-corrected chi connectivity index (χ4v) is 3.97. The lowest BCUT2D eigenvalue weighted by Crippen LogP contribution is -2.35. The van der Waals surface area contributed by atoms with E-state index in [1.807, 2.05) is 61.0 Å². The van der Waals surface area contributed by atoms with Crippen LogP contribution in [0.1, 0.15) is 52.0 Å². The van der Waals surface area contributed by atoms with Gasteiger partial charge >= 0.3 is 0 Å². The van der Waals surface area contributed by atoms with Crippen LogP contribution in [0.25, 0.3) is 6.08 Å². The van der Waals surface area contributed by atoms with Gasteiger partial charge < -0.3 is 5.32 Å². The second-order valence-corrected chi connectivity index (χ2v) is 10.3. The number of hydrogen-bond donors (Lipinski definition) is 1. The average Bonchev–Trinajstić information content (AvgIpc) is 3.14. The fraction of sp³-hybridized carbons (Fsp3) is 0.348. The van der Waals surface area contributed by atoms with Crippen molar-refractivity contribution in [3.63, 3.8) is 0 Å². The average molecular weight is 479 g/mol. The maximum Gasteiger partial charge on any atom is 0.176 e. The molecule has 1 atom stereocenters. The lowest BCUT2D eigenvalue weighted by atomic mass is 9.85. The number of nitrogens with zero attached hydrogens (tertiary/aromatic N) is 4. The number of nitrogens with one attached hydrogen (secondary N) is 1. The SMILES string of the molecule is CC(C)(Nc1ccccc1Cl)c1nnnn1C(C=Cc1ccc(Cl)cc1Cl)C(C)(C)C. The van der Waals surface area contributed by atoms with Crippen LogP contribution in [-0.2, 0) is 5.54 Å². The molecule has 0 fully saturated rings. The number of aromatic nitrogens is 4. The van der Waals surface area contributed by atoms with Crippen LogP contribution in [0.3, 0.4) is 0 Å². The normalized spacial score (nSPS) is 13.5. The van der Waals surface area contributed by atoms with Gasteiger partial charge in [-0.1, -0.05) is 85.9 Å². The van der Waals surface area contributed by atoms with Gasteiger partial charge in [0.25, 0.3) is 0 Å². The molecule has 1 N–H and O–H groups in total. The van der Waals surface area contributed by atoms with E-state index in [1.54, 1.807) is 6.07 Å². The van der Waals surface area contributed by atoms with Gasteiger partial charge in [-0.2, -0.15) is 0 Å². The summed E-state index contributed by atoms with van der Waals surface area (Å²) in [5, 5.41) is 18.0. The van der Waals surface area contributed by atoms with Gasteiger partial charge in [0, 0.05) is 10.0 Å². The van der Waals surface area contributed by atoms with Crippen molar-refractivity contribution in [1.29, 1.82) is 0 Å². The monoisotopic (exact) mass is 477 g/mol. The molecule has 0 saturated heterocycles. The fourth-order valence-electron chi connectivity index (χ4n) is 3.32. The molecule has 0 spiro atoms. The third-order valence-corrected chi connectivity index (χ3v) is 5.84. The first-order valence-electron chi connectivity index (χ1n) is 9.93. The zero-order chi connectivity index (χ0) is 22.8. The maximum atomic E-state index is 6.36. The van der Waals surface area contributed by atoms with E-state index in [1.165, 1.54) is 0 Å². The van der Waals surface area contributed by atoms with E-state index in [9.17, 15) is 0 Å². The van der Waals surface area contributed by atoms with Gasteiger partial charge in [-0.05, 0) is 59.5 Å². The van der Waals surface area contributed by atoms with Gasteiger partial charge in [0.2, 0.25) is 0 Å². The number of anilines is 1.